The molecule has 1 atom stereocenters. The van der Waals surface area contributed by atoms with Gasteiger partial charge in [-0.3, -0.25) is 19.4 Å². The summed E-state index contributed by atoms with van der Waals surface area (Å²) in [5, 5.41) is 6.24. The number of piperazine rings is 1. The molecule has 1 aromatic rings. The summed E-state index contributed by atoms with van der Waals surface area (Å²) < 4.78 is 0. The fraction of sp³-hybridized carbons (Fsp3) is 0.636. The Hall–Kier alpha value is -1.92. The highest BCUT2D eigenvalue weighted by Crippen LogP contribution is 2.18. The molecule has 1 saturated carbocycles. The molecule has 1 saturated heterocycles. The molecule has 1 aliphatic carbocycles. The first-order chi connectivity index (χ1) is 13.6. The van der Waals surface area contributed by atoms with Gasteiger partial charge < -0.3 is 10.6 Å². The first-order valence-electron chi connectivity index (χ1n) is 10.7. The third kappa shape index (κ3) is 5.55. The van der Waals surface area contributed by atoms with Crippen molar-refractivity contribution >= 4 is 17.5 Å². The Morgan fingerprint density at radius 1 is 1.11 bits per heavy atom. The first kappa shape index (κ1) is 20.8. The Labute approximate surface area is 168 Å². The summed E-state index contributed by atoms with van der Waals surface area (Å²) in [6, 6.07) is 8.22. The van der Waals surface area contributed by atoms with E-state index in [-0.39, 0.29) is 17.9 Å². The fourth-order valence-corrected chi connectivity index (χ4v) is 4.21. The van der Waals surface area contributed by atoms with E-state index in [9.17, 15) is 9.59 Å². The predicted molar refractivity (Wildman–Crippen MR) is 112 cm³/mol. The van der Waals surface area contributed by atoms with Crippen molar-refractivity contribution < 1.29 is 9.59 Å². The molecule has 1 aromatic carbocycles. The number of anilines is 1. The third-order valence-corrected chi connectivity index (χ3v) is 6.08. The zero-order valence-electron chi connectivity index (χ0n) is 17.2. The highest BCUT2D eigenvalue weighted by atomic mass is 16.2. The van der Waals surface area contributed by atoms with E-state index >= 15 is 0 Å². The second kappa shape index (κ2) is 10.0. The molecule has 0 unspecified atom stereocenters. The summed E-state index contributed by atoms with van der Waals surface area (Å²) in [4.78, 5) is 29.3. The summed E-state index contributed by atoms with van der Waals surface area (Å²) in [6.45, 7) is 7.74. The number of carbonyl (C=O) groups is 2. The van der Waals surface area contributed by atoms with Crippen molar-refractivity contribution in [3.63, 3.8) is 0 Å². The lowest BCUT2D eigenvalue weighted by Crippen LogP contribution is -2.55. The van der Waals surface area contributed by atoms with Crippen molar-refractivity contribution in [3.05, 3.63) is 29.8 Å². The van der Waals surface area contributed by atoms with Gasteiger partial charge in [0.05, 0.1) is 12.6 Å². The summed E-state index contributed by atoms with van der Waals surface area (Å²) in [6.07, 6.45) is 5.58. The Bertz CT molecular complexity index is 664. The third-order valence-electron chi connectivity index (χ3n) is 6.08. The molecule has 2 amide bonds. The van der Waals surface area contributed by atoms with Gasteiger partial charge in [-0.2, -0.15) is 0 Å². The average Bonchev–Trinajstić information content (AvgIpc) is 3.21. The van der Waals surface area contributed by atoms with Crippen LogP contribution in [0.3, 0.4) is 0 Å². The van der Waals surface area contributed by atoms with Crippen LogP contribution in [0, 0.1) is 0 Å². The normalized spacial score (nSPS) is 20.1. The Morgan fingerprint density at radius 2 is 1.79 bits per heavy atom. The van der Waals surface area contributed by atoms with Gasteiger partial charge in [-0.25, -0.2) is 0 Å². The molecule has 2 fully saturated rings. The van der Waals surface area contributed by atoms with E-state index in [1.807, 2.05) is 31.2 Å². The van der Waals surface area contributed by atoms with E-state index in [1.54, 1.807) is 0 Å². The maximum absolute atomic E-state index is 12.5. The minimum absolute atomic E-state index is 0.0291. The highest BCUT2D eigenvalue weighted by molar-refractivity contribution is 5.93. The number of nitrogens with zero attached hydrogens (tertiary/aromatic N) is 2. The van der Waals surface area contributed by atoms with E-state index in [1.165, 1.54) is 12.8 Å². The van der Waals surface area contributed by atoms with Gasteiger partial charge in [0.1, 0.15) is 0 Å². The Balaban J connectivity index is 1.42. The van der Waals surface area contributed by atoms with Crippen molar-refractivity contribution in [2.24, 2.45) is 0 Å². The minimum atomic E-state index is -0.104. The molecule has 1 heterocycles. The van der Waals surface area contributed by atoms with E-state index in [2.05, 4.69) is 27.4 Å². The van der Waals surface area contributed by atoms with Crippen LogP contribution in [0.1, 0.15) is 45.1 Å². The van der Waals surface area contributed by atoms with Crippen LogP contribution in [0.15, 0.2) is 24.3 Å². The molecule has 0 spiro atoms. The maximum Gasteiger partial charge on any atom is 0.238 e. The SMILES string of the molecule is CCc1ccccc1NC(=O)CN1CCN([C@@H](C)C(=O)NC2CCCC2)CC1. The predicted octanol–water partition coefficient (Wildman–Crippen LogP) is 2.25. The molecule has 2 aliphatic rings. The van der Waals surface area contributed by atoms with Gasteiger partial charge in [0.15, 0.2) is 0 Å². The van der Waals surface area contributed by atoms with E-state index in [4.69, 9.17) is 0 Å². The maximum atomic E-state index is 12.5. The number of rotatable bonds is 7. The standard InChI is InChI=1S/C22H34N4O2/c1-3-18-8-4-7-11-20(18)24-21(27)16-25-12-14-26(15-13-25)17(2)22(28)23-19-9-5-6-10-19/h4,7-8,11,17,19H,3,5-6,9-10,12-16H2,1-2H3,(H,23,28)(H,24,27)/t17-/m0/s1. The molecule has 0 aromatic heterocycles. The van der Waals surface area contributed by atoms with E-state index in [0.29, 0.717) is 12.6 Å². The highest BCUT2D eigenvalue weighted by Gasteiger charge is 2.28. The number of benzene rings is 1. The second-order valence-electron chi connectivity index (χ2n) is 8.04. The van der Waals surface area contributed by atoms with Crippen LogP contribution in [0.5, 0.6) is 0 Å². The molecular formula is C22H34N4O2. The zero-order valence-corrected chi connectivity index (χ0v) is 17.2. The summed E-state index contributed by atoms with van der Waals surface area (Å²) >= 11 is 0. The van der Waals surface area contributed by atoms with Gasteiger partial charge >= 0.3 is 0 Å². The van der Waals surface area contributed by atoms with Gasteiger partial charge in [-0.15, -0.1) is 0 Å². The van der Waals surface area contributed by atoms with Crippen LogP contribution in [-0.4, -0.2) is 66.4 Å². The molecule has 3 rings (SSSR count). The zero-order chi connectivity index (χ0) is 19.9. The number of nitrogens with one attached hydrogen (secondary N) is 2. The summed E-state index contributed by atoms with van der Waals surface area (Å²) in [5.74, 6) is 0.177. The van der Waals surface area contributed by atoms with Crippen molar-refractivity contribution in [1.29, 1.82) is 0 Å². The van der Waals surface area contributed by atoms with E-state index in [0.717, 1.165) is 56.7 Å². The number of carbonyl (C=O) groups excluding carboxylic acids is 2. The minimum Gasteiger partial charge on any atom is -0.352 e. The molecule has 28 heavy (non-hydrogen) atoms. The fourth-order valence-electron chi connectivity index (χ4n) is 4.21. The number of hydrogen-bond acceptors (Lipinski definition) is 4. The first-order valence-corrected chi connectivity index (χ1v) is 10.7. The number of para-hydroxylation sites is 1. The smallest absolute Gasteiger partial charge is 0.238 e. The molecule has 154 valence electrons. The van der Waals surface area contributed by atoms with Gasteiger partial charge in [0, 0.05) is 37.9 Å². The average molecular weight is 387 g/mol. The molecular weight excluding hydrogens is 352 g/mol. The van der Waals surface area contributed by atoms with Crippen LogP contribution in [0.25, 0.3) is 0 Å². The van der Waals surface area contributed by atoms with Gasteiger partial charge in [0.25, 0.3) is 0 Å². The molecule has 6 heteroatoms. The monoisotopic (exact) mass is 386 g/mol. The Kier molecular flexibility index (Phi) is 7.45. The number of hydrogen-bond donors (Lipinski definition) is 2. The van der Waals surface area contributed by atoms with Crippen LogP contribution >= 0.6 is 0 Å². The number of amides is 2. The van der Waals surface area contributed by atoms with Crippen LogP contribution in [0.2, 0.25) is 0 Å². The van der Waals surface area contributed by atoms with Crippen molar-refractivity contribution in [1.82, 2.24) is 15.1 Å². The van der Waals surface area contributed by atoms with E-state index < -0.39 is 0 Å². The molecule has 0 bridgehead atoms. The van der Waals surface area contributed by atoms with Crippen molar-refractivity contribution in [3.8, 4) is 0 Å². The number of aryl methyl sites for hydroxylation is 1. The Morgan fingerprint density at radius 3 is 2.46 bits per heavy atom. The topological polar surface area (TPSA) is 64.7 Å². The quantitative estimate of drug-likeness (QED) is 0.754. The largest absolute Gasteiger partial charge is 0.352 e. The molecule has 2 N–H and O–H groups in total. The molecule has 1 aliphatic heterocycles. The van der Waals surface area contributed by atoms with Crippen molar-refractivity contribution in [2.75, 3.05) is 38.0 Å². The van der Waals surface area contributed by atoms with Gasteiger partial charge in [-0.1, -0.05) is 38.0 Å². The van der Waals surface area contributed by atoms with Crippen LogP contribution < -0.4 is 10.6 Å². The van der Waals surface area contributed by atoms with Crippen LogP contribution in [-0.2, 0) is 16.0 Å². The molecule has 6 nitrogen and oxygen atoms in total. The van der Waals surface area contributed by atoms with Gasteiger partial charge in [-0.05, 0) is 37.8 Å². The lowest BCUT2D eigenvalue weighted by atomic mass is 10.1. The second-order valence-corrected chi connectivity index (χ2v) is 8.04. The lowest BCUT2D eigenvalue weighted by Gasteiger charge is -2.37. The van der Waals surface area contributed by atoms with Crippen LogP contribution in [0.4, 0.5) is 5.69 Å². The summed E-state index contributed by atoms with van der Waals surface area (Å²) in [5.41, 5.74) is 2.06. The van der Waals surface area contributed by atoms with Gasteiger partial charge in [0.2, 0.25) is 11.8 Å². The molecule has 0 radical (unpaired) electrons. The van der Waals surface area contributed by atoms with Crippen molar-refractivity contribution in [2.45, 2.75) is 58.0 Å². The summed E-state index contributed by atoms with van der Waals surface area (Å²) in [7, 11) is 0. The lowest BCUT2D eigenvalue weighted by molar-refractivity contribution is -0.127.